The number of nitrogens with one attached hydrogen (secondary N) is 4. The first-order chi connectivity index (χ1) is 20.5. The van der Waals surface area contributed by atoms with Crippen LogP contribution in [0.5, 0.6) is 0 Å². The van der Waals surface area contributed by atoms with Gasteiger partial charge in [0.2, 0.25) is 5.91 Å². The first-order valence-electron chi connectivity index (χ1n) is 14.1. The van der Waals surface area contributed by atoms with Crippen molar-refractivity contribution in [2.45, 2.75) is 26.2 Å². The van der Waals surface area contributed by atoms with Crippen LogP contribution in [0.25, 0.3) is 55.8 Å². The first-order valence-corrected chi connectivity index (χ1v) is 14.1. The zero-order valence-corrected chi connectivity index (χ0v) is 23.0. The molecule has 1 fully saturated rings. The van der Waals surface area contributed by atoms with Crippen molar-refractivity contribution in [3.05, 3.63) is 78.5 Å². The fourth-order valence-corrected chi connectivity index (χ4v) is 5.73. The molecule has 1 saturated heterocycles. The van der Waals surface area contributed by atoms with Crippen molar-refractivity contribution in [3.8, 4) is 33.9 Å². The van der Waals surface area contributed by atoms with Crippen LogP contribution in [-0.2, 0) is 4.79 Å². The SMILES string of the molecule is Cc1cc(F)cc(-c2cccc3[nH]c(-c4n[nH]c5cnc(-c6cncc(NC(=O)CC7CCNCC7)c6)cc45)nc23)c1. The molecule has 5 heterocycles. The highest BCUT2D eigenvalue weighted by Crippen LogP contribution is 2.33. The van der Waals surface area contributed by atoms with E-state index in [0.29, 0.717) is 35.2 Å². The number of aromatic amines is 2. The Kier molecular flexibility index (Phi) is 6.67. The van der Waals surface area contributed by atoms with E-state index < -0.39 is 0 Å². The molecule has 42 heavy (non-hydrogen) atoms. The number of anilines is 1. The smallest absolute Gasteiger partial charge is 0.224 e. The number of aromatic nitrogens is 6. The van der Waals surface area contributed by atoms with Crippen molar-refractivity contribution in [2.75, 3.05) is 18.4 Å². The van der Waals surface area contributed by atoms with E-state index in [0.717, 1.165) is 70.1 Å². The van der Waals surface area contributed by atoms with Crippen LogP contribution < -0.4 is 10.6 Å². The highest BCUT2D eigenvalue weighted by atomic mass is 19.1. The molecular formula is C32H29FN8O. The maximum Gasteiger partial charge on any atom is 0.224 e. The summed E-state index contributed by atoms with van der Waals surface area (Å²) in [5, 5.41) is 14.8. The van der Waals surface area contributed by atoms with Crippen LogP contribution in [0.4, 0.5) is 10.1 Å². The van der Waals surface area contributed by atoms with Gasteiger partial charge in [-0.3, -0.25) is 19.9 Å². The Morgan fingerprint density at radius 1 is 1.02 bits per heavy atom. The fraction of sp³-hybridized carbons (Fsp3) is 0.219. The van der Waals surface area contributed by atoms with Gasteiger partial charge in [-0.25, -0.2) is 9.37 Å². The minimum absolute atomic E-state index is 0.000890. The van der Waals surface area contributed by atoms with Crippen LogP contribution >= 0.6 is 0 Å². The third-order valence-corrected chi connectivity index (χ3v) is 7.79. The first kappa shape index (κ1) is 26.0. The van der Waals surface area contributed by atoms with E-state index >= 15 is 0 Å². The highest BCUT2D eigenvalue weighted by Gasteiger charge is 2.19. The number of pyridine rings is 2. The van der Waals surface area contributed by atoms with E-state index in [4.69, 9.17) is 4.98 Å². The Labute approximate surface area is 241 Å². The molecule has 1 amide bonds. The van der Waals surface area contributed by atoms with E-state index in [1.165, 1.54) is 12.1 Å². The zero-order valence-electron chi connectivity index (χ0n) is 23.0. The molecule has 6 aromatic rings. The van der Waals surface area contributed by atoms with E-state index in [-0.39, 0.29) is 11.7 Å². The van der Waals surface area contributed by atoms with Gasteiger partial charge in [0.05, 0.1) is 40.3 Å². The number of rotatable bonds is 6. The fourth-order valence-electron chi connectivity index (χ4n) is 5.73. The molecule has 9 nitrogen and oxygen atoms in total. The molecule has 0 saturated carbocycles. The van der Waals surface area contributed by atoms with Crippen molar-refractivity contribution in [1.29, 1.82) is 0 Å². The standard InChI is InChI=1S/C32H29FN8O/c1-18-9-20(12-22(33)10-18)24-3-2-4-26-30(24)39-32(38-26)31-25-14-27(36-17-28(25)40-41-31)21-13-23(16-35-15-21)37-29(42)11-19-5-7-34-8-6-19/h2-4,9-10,12-17,19,34H,5-8,11H2,1H3,(H,37,42)(H,38,39)(H,40,41). The molecule has 0 bridgehead atoms. The molecule has 0 atom stereocenters. The summed E-state index contributed by atoms with van der Waals surface area (Å²) in [6.07, 6.45) is 7.64. The number of H-pyrrole nitrogens is 2. The molecule has 0 unspecified atom stereocenters. The molecule has 10 heteroatoms. The summed E-state index contributed by atoms with van der Waals surface area (Å²) >= 11 is 0. The Balaban J connectivity index is 1.20. The number of amides is 1. The lowest BCUT2D eigenvalue weighted by atomic mass is 9.94. The van der Waals surface area contributed by atoms with Gasteiger partial charge in [0.15, 0.2) is 5.82 Å². The number of fused-ring (bicyclic) bond motifs is 2. The van der Waals surface area contributed by atoms with Crippen LogP contribution in [0.3, 0.4) is 0 Å². The number of imidazole rings is 1. The molecule has 4 N–H and O–H groups in total. The van der Waals surface area contributed by atoms with Crippen molar-refractivity contribution in [1.82, 2.24) is 35.5 Å². The van der Waals surface area contributed by atoms with Gasteiger partial charge in [0.1, 0.15) is 11.5 Å². The Morgan fingerprint density at radius 2 is 1.90 bits per heavy atom. The average molecular weight is 561 g/mol. The largest absolute Gasteiger partial charge is 0.337 e. The molecule has 2 aromatic carbocycles. The van der Waals surface area contributed by atoms with Crippen molar-refractivity contribution in [2.24, 2.45) is 5.92 Å². The van der Waals surface area contributed by atoms with E-state index in [1.807, 2.05) is 43.3 Å². The Hall–Kier alpha value is -4.96. The Bertz CT molecular complexity index is 1920. The van der Waals surface area contributed by atoms with Crippen LogP contribution in [0.1, 0.15) is 24.8 Å². The van der Waals surface area contributed by atoms with Gasteiger partial charge in [-0.1, -0.05) is 18.2 Å². The number of carbonyl (C=O) groups is 1. The molecule has 4 aromatic heterocycles. The van der Waals surface area contributed by atoms with Gasteiger partial charge < -0.3 is 15.6 Å². The zero-order chi connectivity index (χ0) is 28.6. The number of benzene rings is 2. The lowest BCUT2D eigenvalue weighted by Crippen LogP contribution is -2.30. The predicted molar refractivity (Wildman–Crippen MR) is 161 cm³/mol. The average Bonchev–Trinajstić information content (AvgIpc) is 3.61. The minimum atomic E-state index is -0.281. The number of carbonyl (C=O) groups excluding carboxylic acids is 1. The van der Waals surface area contributed by atoms with Crippen LogP contribution in [0.15, 0.2) is 67.1 Å². The van der Waals surface area contributed by atoms with Crippen LogP contribution in [0.2, 0.25) is 0 Å². The number of halogens is 1. The third-order valence-electron chi connectivity index (χ3n) is 7.79. The van der Waals surface area contributed by atoms with Crippen molar-refractivity contribution >= 4 is 33.5 Å². The Morgan fingerprint density at radius 3 is 2.76 bits per heavy atom. The highest BCUT2D eigenvalue weighted by molar-refractivity contribution is 5.98. The monoisotopic (exact) mass is 560 g/mol. The van der Waals surface area contributed by atoms with E-state index in [1.54, 1.807) is 18.6 Å². The molecule has 1 aliphatic heterocycles. The topological polar surface area (TPSA) is 124 Å². The number of piperidine rings is 1. The van der Waals surface area contributed by atoms with E-state index in [2.05, 4.69) is 35.8 Å². The maximum absolute atomic E-state index is 14.2. The normalized spacial score (nSPS) is 14.0. The summed E-state index contributed by atoms with van der Waals surface area (Å²) in [4.78, 5) is 29.9. The molecule has 0 spiro atoms. The molecule has 210 valence electrons. The van der Waals surface area contributed by atoms with Crippen molar-refractivity contribution < 1.29 is 9.18 Å². The maximum atomic E-state index is 14.2. The van der Waals surface area contributed by atoms with Crippen LogP contribution in [-0.4, -0.2) is 49.1 Å². The third kappa shape index (κ3) is 5.12. The number of nitrogens with zero attached hydrogens (tertiary/aromatic N) is 4. The van der Waals surface area contributed by atoms with Gasteiger partial charge in [0.25, 0.3) is 0 Å². The summed E-state index contributed by atoms with van der Waals surface area (Å²) in [6.45, 7) is 3.79. The molecule has 0 aliphatic carbocycles. The molecule has 7 rings (SSSR count). The summed E-state index contributed by atoms with van der Waals surface area (Å²) in [5.41, 5.74) is 7.52. The second-order valence-corrected chi connectivity index (χ2v) is 10.9. The number of hydrogen-bond acceptors (Lipinski definition) is 6. The lowest BCUT2D eigenvalue weighted by Gasteiger charge is -2.21. The summed E-state index contributed by atoms with van der Waals surface area (Å²) in [6, 6.07) is 14.6. The summed E-state index contributed by atoms with van der Waals surface area (Å²) < 4.78 is 14.2. The molecule has 1 aliphatic rings. The van der Waals surface area contributed by atoms with E-state index in [9.17, 15) is 9.18 Å². The molecular weight excluding hydrogens is 531 g/mol. The predicted octanol–water partition coefficient (Wildman–Crippen LogP) is 6.01. The van der Waals surface area contributed by atoms with Gasteiger partial charge >= 0.3 is 0 Å². The summed E-state index contributed by atoms with van der Waals surface area (Å²) in [7, 11) is 0. The van der Waals surface area contributed by atoms with Crippen molar-refractivity contribution in [3.63, 3.8) is 0 Å². The second kappa shape index (κ2) is 10.8. The lowest BCUT2D eigenvalue weighted by molar-refractivity contribution is -0.117. The molecule has 0 radical (unpaired) electrons. The van der Waals surface area contributed by atoms with Gasteiger partial charge in [0, 0.05) is 29.1 Å². The number of hydrogen-bond donors (Lipinski definition) is 4. The quantitative estimate of drug-likeness (QED) is 0.198. The summed E-state index contributed by atoms with van der Waals surface area (Å²) in [5.74, 6) is 0.708. The van der Waals surface area contributed by atoms with Gasteiger partial charge in [-0.05, 0) is 80.2 Å². The minimum Gasteiger partial charge on any atom is -0.337 e. The van der Waals surface area contributed by atoms with Gasteiger partial charge in [-0.15, -0.1) is 0 Å². The van der Waals surface area contributed by atoms with Gasteiger partial charge in [-0.2, -0.15) is 5.10 Å². The second-order valence-electron chi connectivity index (χ2n) is 10.9. The number of para-hydroxylation sites is 1. The number of aryl methyl sites for hydroxylation is 1. The van der Waals surface area contributed by atoms with Crippen LogP contribution in [0, 0.1) is 18.7 Å².